The first-order valence-corrected chi connectivity index (χ1v) is 11.2. The molecular weight excluding hydrogens is 430 g/mol. The van der Waals surface area contributed by atoms with E-state index in [1.807, 2.05) is 48.7 Å². The molecule has 0 bridgehead atoms. The monoisotopic (exact) mass is 455 g/mol. The smallest absolute Gasteiger partial charge is 0.252 e. The Morgan fingerprint density at radius 3 is 2.79 bits per heavy atom. The SMILES string of the molecule is CCc1ccc2[nH]c(=O)c(CN(Cc3cccnc3)Cc3nnnn3Cc3ccco3)cc2c1. The van der Waals surface area contributed by atoms with Crippen molar-refractivity contribution in [3.05, 3.63) is 106 Å². The molecule has 0 atom stereocenters. The van der Waals surface area contributed by atoms with Crippen molar-refractivity contribution in [3.8, 4) is 0 Å². The van der Waals surface area contributed by atoms with Gasteiger partial charge in [-0.1, -0.05) is 19.1 Å². The molecule has 4 heterocycles. The summed E-state index contributed by atoms with van der Waals surface area (Å²) >= 11 is 0. The van der Waals surface area contributed by atoms with E-state index >= 15 is 0 Å². The number of tetrazole rings is 1. The Balaban J connectivity index is 1.44. The predicted octanol–water partition coefficient (Wildman–Crippen LogP) is 3.32. The van der Waals surface area contributed by atoms with Crippen LogP contribution in [0.3, 0.4) is 0 Å². The average Bonchev–Trinajstić information content (AvgIpc) is 3.52. The van der Waals surface area contributed by atoms with Crippen LogP contribution in [0.1, 0.15) is 35.2 Å². The summed E-state index contributed by atoms with van der Waals surface area (Å²) in [5, 5.41) is 13.2. The van der Waals surface area contributed by atoms with Crippen LogP contribution in [0, 0.1) is 0 Å². The highest BCUT2D eigenvalue weighted by atomic mass is 16.3. The molecular formula is C25H25N7O2. The highest BCUT2D eigenvalue weighted by Crippen LogP contribution is 2.17. The molecule has 4 aromatic heterocycles. The Bertz CT molecular complexity index is 1420. The summed E-state index contributed by atoms with van der Waals surface area (Å²) in [6.07, 6.45) is 6.15. The van der Waals surface area contributed by atoms with Gasteiger partial charge in [-0.2, -0.15) is 0 Å². The van der Waals surface area contributed by atoms with Gasteiger partial charge >= 0.3 is 0 Å². The minimum atomic E-state index is -0.0943. The van der Waals surface area contributed by atoms with Gasteiger partial charge in [0.1, 0.15) is 12.3 Å². The summed E-state index contributed by atoms with van der Waals surface area (Å²) < 4.78 is 7.17. The van der Waals surface area contributed by atoms with Gasteiger partial charge in [-0.3, -0.25) is 14.7 Å². The van der Waals surface area contributed by atoms with Crippen LogP contribution in [0.4, 0.5) is 0 Å². The molecule has 0 fully saturated rings. The molecule has 0 saturated carbocycles. The van der Waals surface area contributed by atoms with Gasteiger partial charge in [0, 0.05) is 36.6 Å². The number of H-pyrrole nitrogens is 1. The van der Waals surface area contributed by atoms with Crippen molar-refractivity contribution in [2.24, 2.45) is 0 Å². The molecule has 0 aliphatic heterocycles. The molecule has 1 N–H and O–H groups in total. The number of hydrogen-bond acceptors (Lipinski definition) is 7. The molecule has 34 heavy (non-hydrogen) atoms. The Hall–Kier alpha value is -4.11. The highest BCUT2D eigenvalue weighted by molar-refractivity contribution is 5.79. The quantitative estimate of drug-likeness (QED) is 0.363. The van der Waals surface area contributed by atoms with Gasteiger partial charge in [-0.25, -0.2) is 4.68 Å². The van der Waals surface area contributed by atoms with Crippen LogP contribution in [0.5, 0.6) is 0 Å². The number of furan rings is 1. The molecule has 9 nitrogen and oxygen atoms in total. The van der Waals surface area contributed by atoms with E-state index in [2.05, 4.69) is 43.4 Å². The Morgan fingerprint density at radius 2 is 2.00 bits per heavy atom. The van der Waals surface area contributed by atoms with E-state index in [1.165, 1.54) is 5.56 Å². The number of rotatable bonds is 9. The Labute approximate surface area is 196 Å². The summed E-state index contributed by atoms with van der Waals surface area (Å²) in [7, 11) is 0. The summed E-state index contributed by atoms with van der Waals surface area (Å²) in [5.74, 6) is 1.45. The van der Waals surface area contributed by atoms with Crippen molar-refractivity contribution in [1.29, 1.82) is 0 Å². The topological polar surface area (TPSA) is 106 Å². The maximum absolute atomic E-state index is 12.9. The van der Waals surface area contributed by atoms with Gasteiger partial charge in [-0.15, -0.1) is 5.10 Å². The van der Waals surface area contributed by atoms with Crippen molar-refractivity contribution in [3.63, 3.8) is 0 Å². The van der Waals surface area contributed by atoms with Crippen molar-refractivity contribution in [1.82, 2.24) is 35.1 Å². The lowest BCUT2D eigenvalue weighted by atomic mass is 10.1. The van der Waals surface area contributed by atoms with E-state index in [0.29, 0.717) is 37.6 Å². The molecule has 0 amide bonds. The zero-order chi connectivity index (χ0) is 23.3. The zero-order valence-corrected chi connectivity index (χ0v) is 18.9. The lowest BCUT2D eigenvalue weighted by Crippen LogP contribution is -2.28. The fraction of sp³-hybridized carbons (Fsp3) is 0.240. The molecule has 0 aliphatic rings. The number of fused-ring (bicyclic) bond motifs is 1. The van der Waals surface area contributed by atoms with Crippen LogP contribution < -0.4 is 5.56 Å². The molecule has 0 unspecified atom stereocenters. The van der Waals surface area contributed by atoms with Gasteiger partial charge in [0.25, 0.3) is 5.56 Å². The van der Waals surface area contributed by atoms with Crippen LogP contribution in [0.15, 0.2) is 76.4 Å². The Kier molecular flexibility index (Phi) is 6.26. The first-order valence-electron chi connectivity index (χ1n) is 11.2. The van der Waals surface area contributed by atoms with E-state index < -0.39 is 0 Å². The lowest BCUT2D eigenvalue weighted by Gasteiger charge is -2.21. The number of nitrogens with one attached hydrogen (secondary N) is 1. The first-order chi connectivity index (χ1) is 16.7. The molecule has 9 heteroatoms. The molecule has 0 spiro atoms. The van der Waals surface area contributed by atoms with Crippen LogP contribution in [0.25, 0.3) is 10.9 Å². The molecule has 0 radical (unpaired) electrons. The number of aromatic nitrogens is 6. The molecule has 0 aliphatic carbocycles. The predicted molar refractivity (Wildman–Crippen MR) is 127 cm³/mol. The third kappa shape index (κ3) is 4.94. The van der Waals surface area contributed by atoms with Gasteiger partial charge < -0.3 is 9.40 Å². The highest BCUT2D eigenvalue weighted by Gasteiger charge is 2.16. The van der Waals surface area contributed by atoms with Crippen LogP contribution in [-0.2, 0) is 32.6 Å². The molecule has 5 rings (SSSR count). The standard InChI is InChI=1S/C25H25N7O2/c1-2-18-7-8-23-20(11-18)12-21(25(33)27-23)15-31(14-19-5-3-9-26-13-19)17-24-28-29-30-32(24)16-22-6-4-10-34-22/h3-13H,2,14-17H2,1H3,(H,27,33). The number of nitrogens with zero attached hydrogens (tertiary/aromatic N) is 6. The average molecular weight is 456 g/mol. The summed E-state index contributed by atoms with van der Waals surface area (Å²) in [4.78, 5) is 22.3. The molecule has 5 aromatic rings. The van der Waals surface area contributed by atoms with Crippen LogP contribution in [-0.4, -0.2) is 35.1 Å². The largest absolute Gasteiger partial charge is 0.467 e. The number of aryl methyl sites for hydroxylation is 1. The first kappa shape index (κ1) is 21.7. The van der Waals surface area contributed by atoms with E-state index in [9.17, 15) is 4.79 Å². The van der Waals surface area contributed by atoms with Gasteiger partial charge in [0.15, 0.2) is 5.82 Å². The third-order valence-electron chi connectivity index (χ3n) is 5.77. The number of pyridine rings is 2. The number of hydrogen-bond donors (Lipinski definition) is 1. The summed E-state index contributed by atoms with van der Waals surface area (Å²) in [6, 6.07) is 15.8. The lowest BCUT2D eigenvalue weighted by molar-refractivity contribution is 0.235. The van der Waals surface area contributed by atoms with Gasteiger partial charge in [0.2, 0.25) is 0 Å². The van der Waals surface area contributed by atoms with E-state index in [-0.39, 0.29) is 5.56 Å². The molecule has 0 saturated heterocycles. The number of benzene rings is 1. The van der Waals surface area contributed by atoms with E-state index in [4.69, 9.17) is 4.42 Å². The fourth-order valence-corrected chi connectivity index (χ4v) is 4.01. The van der Waals surface area contributed by atoms with Crippen molar-refractivity contribution < 1.29 is 4.42 Å². The number of aromatic amines is 1. The van der Waals surface area contributed by atoms with Crippen molar-refractivity contribution in [2.75, 3.05) is 0 Å². The van der Waals surface area contributed by atoms with E-state index in [1.54, 1.807) is 17.1 Å². The van der Waals surface area contributed by atoms with Gasteiger partial charge in [-0.05, 0) is 69.8 Å². The zero-order valence-electron chi connectivity index (χ0n) is 18.9. The minimum Gasteiger partial charge on any atom is -0.467 e. The minimum absolute atomic E-state index is 0.0943. The van der Waals surface area contributed by atoms with E-state index in [0.717, 1.165) is 28.6 Å². The maximum atomic E-state index is 12.9. The van der Waals surface area contributed by atoms with Crippen molar-refractivity contribution >= 4 is 10.9 Å². The third-order valence-corrected chi connectivity index (χ3v) is 5.77. The molecule has 1 aromatic carbocycles. The van der Waals surface area contributed by atoms with Crippen LogP contribution >= 0.6 is 0 Å². The second-order valence-corrected chi connectivity index (χ2v) is 8.24. The summed E-state index contributed by atoms with van der Waals surface area (Å²) in [6.45, 7) is 4.04. The second-order valence-electron chi connectivity index (χ2n) is 8.24. The maximum Gasteiger partial charge on any atom is 0.252 e. The van der Waals surface area contributed by atoms with Crippen molar-refractivity contribution in [2.45, 2.75) is 39.5 Å². The summed E-state index contributed by atoms with van der Waals surface area (Å²) in [5.41, 5.74) is 3.71. The second kappa shape index (κ2) is 9.80. The normalized spacial score (nSPS) is 11.5. The van der Waals surface area contributed by atoms with Gasteiger partial charge in [0.05, 0.1) is 12.8 Å². The van der Waals surface area contributed by atoms with Crippen LogP contribution in [0.2, 0.25) is 0 Å². The fourth-order valence-electron chi connectivity index (χ4n) is 4.01. The Morgan fingerprint density at radius 1 is 1.06 bits per heavy atom. The molecule has 172 valence electrons.